The highest BCUT2D eigenvalue weighted by molar-refractivity contribution is 7.01. The summed E-state index contributed by atoms with van der Waals surface area (Å²) in [5.41, 5.74) is 14.6. The van der Waals surface area contributed by atoms with Gasteiger partial charge in [0.15, 0.2) is 0 Å². The Bertz CT molecular complexity index is 1910. The van der Waals surface area contributed by atoms with E-state index in [1.807, 2.05) is 0 Å². The van der Waals surface area contributed by atoms with E-state index in [2.05, 4.69) is 194 Å². The van der Waals surface area contributed by atoms with Crippen LogP contribution in [0.5, 0.6) is 0 Å². The summed E-state index contributed by atoms with van der Waals surface area (Å²) in [4.78, 5) is 5.08. The third-order valence-corrected chi connectivity index (χ3v) is 14.8. The van der Waals surface area contributed by atoms with Crippen LogP contribution in [-0.2, 0) is 10.8 Å². The van der Waals surface area contributed by atoms with E-state index in [0.717, 1.165) is 0 Å². The van der Waals surface area contributed by atoms with Gasteiger partial charge in [-0.2, -0.15) is 0 Å². The Hall–Kier alpha value is -3.80. The average Bonchev–Trinajstić information content (AvgIpc) is 3.02. The topological polar surface area (TPSA) is 6.48 Å². The highest BCUT2D eigenvalue weighted by Gasteiger charge is 2.44. The van der Waals surface area contributed by atoms with Crippen LogP contribution >= 0.6 is 0 Å². The van der Waals surface area contributed by atoms with E-state index in [1.165, 1.54) is 72.0 Å². The highest BCUT2D eigenvalue weighted by atomic mass is 28.3. The van der Waals surface area contributed by atoms with Crippen LogP contribution in [0.4, 0.5) is 34.1 Å². The van der Waals surface area contributed by atoms with Crippen LogP contribution in [0.25, 0.3) is 0 Å². The van der Waals surface area contributed by atoms with Gasteiger partial charge in [-0.25, -0.2) is 0 Å². The van der Waals surface area contributed by atoms with Crippen molar-refractivity contribution in [2.45, 2.75) is 91.7 Å². The second-order valence-corrected chi connectivity index (χ2v) is 28.6. The maximum atomic E-state index is 2.58. The van der Waals surface area contributed by atoms with E-state index < -0.39 is 16.1 Å². The zero-order chi connectivity index (χ0) is 35.3. The lowest BCUT2D eigenvalue weighted by Gasteiger charge is -2.45. The number of hydrogen-bond acceptors (Lipinski definition) is 2. The smallest absolute Gasteiger partial charge is 0.252 e. The minimum Gasteiger partial charge on any atom is -0.311 e. The lowest BCUT2D eigenvalue weighted by atomic mass is 9.33. The SMILES string of the molecule is CC(C)(C)c1ccc(N2c3ccc(C(C)(C)C)cc3B3c4cc([Si](C)(C)C)ccc4N(c4ccc([Si](C)(C)C)cc4)c4cccc2c43)cc1. The molecule has 5 aromatic carbocycles. The minimum atomic E-state index is -1.60. The van der Waals surface area contributed by atoms with Crippen LogP contribution in [-0.4, -0.2) is 22.9 Å². The summed E-state index contributed by atoms with van der Waals surface area (Å²) in [6.45, 7) is 28.7. The first-order valence-corrected chi connectivity index (χ1v) is 25.1. The number of fused-ring (bicyclic) bond motifs is 4. The molecule has 0 unspecified atom stereocenters. The first-order valence-electron chi connectivity index (χ1n) is 18.1. The summed E-state index contributed by atoms with van der Waals surface area (Å²) in [7, 11) is -3.03. The first kappa shape index (κ1) is 33.7. The van der Waals surface area contributed by atoms with Crippen molar-refractivity contribution in [2.75, 3.05) is 9.80 Å². The van der Waals surface area contributed by atoms with Gasteiger partial charge in [0.2, 0.25) is 0 Å². The van der Waals surface area contributed by atoms with Crippen molar-refractivity contribution in [3.05, 3.63) is 114 Å². The van der Waals surface area contributed by atoms with Crippen molar-refractivity contribution in [3.8, 4) is 0 Å². The monoisotopic (exact) mass is 676 g/mol. The standard InChI is InChI=1S/C44H53BN2Si2/c1-43(2,3)30-16-19-32(20-17-30)46-38-26-18-31(44(4,5)6)28-36(38)45-37-29-35(49(10,11)12)25-27-39(37)47(41-15-13-14-40(46)42(41)45)33-21-23-34(24-22-33)48(7,8)9/h13-29H,1-12H3. The number of benzene rings is 5. The molecule has 0 saturated heterocycles. The van der Waals surface area contributed by atoms with Gasteiger partial charge in [0.25, 0.3) is 6.71 Å². The summed E-state index contributed by atoms with van der Waals surface area (Å²) < 4.78 is 0. The molecule has 0 spiro atoms. The Kier molecular flexibility index (Phi) is 7.81. The molecular weight excluding hydrogens is 623 g/mol. The second-order valence-electron chi connectivity index (χ2n) is 18.5. The fourth-order valence-corrected chi connectivity index (χ4v) is 9.99. The molecule has 2 nitrogen and oxygen atoms in total. The van der Waals surface area contributed by atoms with E-state index in [9.17, 15) is 0 Å². The van der Waals surface area contributed by atoms with Crippen molar-refractivity contribution in [3.63, 3.8) is 0 Å². The predicted octanol–water partition coefficient (Wildman–Crippen LogP) is 9.45. The Morgan fingerprint density at radius 1 is 0.449 bits per heavy atom. The predicted molar refractivity (Wildman–Crippen MR) is 224 cm³/mol. The van der Waals surface area contributed by atoms with E-state index in [-0.39, 0.29) is 17.5 Å². The number of rotatable bonds is 4. The van der Waals surface area contributed by atoms with Gasteiger partial charge in [-0.1, -0.05) is 146 Å². The van der Waals surface area contributed by atoms with Crippen molar-refractivity contribution in [1.29, 1.82) is 0 Å². The van der Waals surface area contributed by atoms with Crippen molar-refractivity contribution in [1.82, 2.24) is 0 Å². The van der Waals surface area contributed by atoms with Crippen LogP contribution < -0.4 is 36.6 Å². The lowest BCUT2D eigenvalue weighted by Crippen LogP contribution is -2.62. The molecule has 2 aliphatic rings. The van der Waals surface area contributed by atoms with Crippen molar-refractivity contribution in [2.24, 2.45) is 0 Å². The molecule has 5 aromatic rings. The van der Waals surface area contributed by atoms with Gasteiger partial charge >= 0.3 is 0 Å². The molecule has 5 heteroatoms. The Morgan fingerprint density at radius 2 is 0.878 bits per heavy atom. The quantitative estimate of drug-likeness (QED) is 0.172. The molecule has 0 saturated carbocycles. The largest absolute Gasteiger partial charge is 0.311 e. The minimum absolute atomic E-state index is 0.0375. The van der Waals surface area contributed by atoms with E-state index >= 15 is 0 Å². The number of nitrogens with zero attached hydrogens (tertiary/aromatic N) is 2. The highest BCUT2D eigenvalue weighted by Crippen LogP contribution is 2.44. The summed E-state index contributed by atoms with van der Waals surface area (Å²) >= 11 is 0. The van der Waals surface area contributed by atoms with Crippen LogP contribution in [0.2, 0.25) is 39.3 Å². The second kappa shape index (κ2) is 11.4. The summed E-state index contributed by atoms with van der Waals surface area (Å²) in [6, 6.07) is 40.5. The maximum absolute atomic E-state index is 2.58. The Labute approximate surface area is 298 Å². The van der Waals surface area contributed by atoms with Crippen LogP contribution in [0.1, 0.15) is 52.7 Å². The van der Waals surface area contributed by atoms with E-state index in [1.54, 1.807) is 0 Å². The van der Waals surface area contributed by atoms with Crippen molar-refractivity contribution >= 4 is 83.7 Å². The molecule has 0 aromatic heterocycles. The Morgan fingerprint density at radius 3 is 1.37 bits per heavy atom. The zero-order valence-electron chi connectivity index (χ0n) is 31.8. The molecule has 7 rings (SSSR count). The van der Waals surface area contributed by atoms with Crippen molar-refractivity contribution < 1.29 is 0 Å². The Balaban J connectivity index is 1.54. The van der Waals surface area contributed by atoms with Gasteiger partial charge < -0.3 is 9.80 Å². The van der Waals surface area contributed by atoms with Crippen LogP contribution in [0, 0.1) is 0 Å². The van der Waals surface area contributed by atoms with Gasteiger partial charge in [0.05, 0.1) is 16.1 Å². The van der Waals surface area contributed by atoms with E-state index in [0.29, 0.717) is 0 Å². The van der Waals surface area contributed by atoms with Gasteiger partial charge in [-0.05, 0) is 86.9 Å². The molecule has 0 aliphatic carbocycles. The lowest BCUT2D eigenvalue weighted by molar-refractivity contribution is 0.590. The molecule has 0 atom stereocenters. The van der Waals surface area contributed by atoms with Gasteiger partial charge in [0.1, 0.15) is 0 Å². The first-order chi connectivity index (χ1) is 22.8. The molecule has 250 valence electrons. The van der Waals surface area contributed by atoms with Gasteiger partial charge in [-0.15, -0.1) is 0 Å². The number of anilines is 6. The molecule has 0 fully saturated rings. The molecule has 2 heterocycles. The molecule has 0 bridgehead atoms. The zero-order valence-corrected chi connectivity index (χ0v) is 33.8. The molecule has 0 N–H and O–H groups in total. The maximum Gasteiger partial charge on any atom is 0.252 e. The molecular formula is C44H53BN2Si2. The molecule has 0 amide bonds. The van der Waals surface area contributed by atoms with E-state index in [4.69, 9.17) is 0 Å². The molecule has 0 radical (unpaired) electrons. The average molecular weight is 677 g/mol. The third kappa shape index (κ3) is 5.83. The fraction of sp³-hybridized carbons (Fsp3) is 0.318. The normalized spacial score (nSPS) is 14.4. The van der Waals surface area contributed by atoms with Crippen LogP contribution in [0.3, 0.4) is 0 Å². The molecule has 49 heavy (non-hydrogen) atoms. The van der Waals surface area contributed by atoms with Gasteiger partial charge in [-0.3, -0.25) is 0 Å². The van der Waals surface area contributed by atoms with Crippen LogP contribution in [0.15, 0.2) is 103 Å². The summed E-state index contributed by atoms with van der Waals surface area (Å²) in [5, 5.41) is 3.00. The fourth-order valence-electron chi connectivity index (χ4n) is 7.65. The number of hydrogen-bond donors (Lipinski definition) is 0. The molecule has 2 aliphatic heterocycles. The van der Waals surface area contributed by atoms with Gasteiger partial charge in [0, 0.05) is 34.1 Å². The third-order valence-electron chi connectivity index (χ3n) is 10.7. The summed E-state index contributed by atoms with van der Waals surface area (Å²) in [6.07, 6.45) is 0. The summed E-state index contributed by atoms with van der Waals surface area (Å²) in [5.74, 6) is 0.